The fourth-order valence-electron chi connectivity index (χ4n) is 5.21. The molecule has 11 heteroatoms. The quantitative estimate of drug-likeness (QED) is 0.463. The Bertz CT molecular complexity index is 1440. The fraction of sp³-hybridized carbons (Fsp3) is 0.250. The maximum atomic E-state index is 12.8. The number of anilines is 4. The Hall–Kier alpha value is -4.38. The highest BCUT2D eigenvalue weighted by Gasteiger charge is 2.42. The molecule has 0 spiro atoms. The van der Waals surface area contributed by atoms with Gasteiger partial charge in [-0.05, 0) is 42.1 Å². The number of fused-ring (bicyclic) bond motifs is 1. The monoisotopic (exact) mass is 541 g/mol. The molecule has 3 fully saturated rings. The summed E-state index contributed by atoms with van der Waals surface area (Å²) in [5.41, 5.74) is 2.29. The largest absolute Gasteiger partial charge is 0.340 e. The normalized spacial score (nSPS) is 21.3. The third kappa shape index (κ3) is 5.30. The number of amides is 4. The van der Waals surface area contributed by atoms with Crippen LogP contribution >= 0.6 is 11.8 Å². The Morgan fingerprint density at radius 3 is 2.31 bits per heavy atom. The summed E-state index contributed by atoms with van der Waals surface area (Å²) in [7, 11) is 1.93. The van der Waals surface area contributed by atoms with E-state index in [1.807, 2.05) is 83.6 Å². The van der Waals surface area contributed by atoms with Crippen LogP contribution in [0.3, 0.4) is 0 Å². The number of rotatable bonds is 5. The molecular formula is C28H27N7O3S. The second-order valence-electron chi connectivity index (χ2n) is 9.82. The summed E-state index contributed by atoms with van der Waals surface area (Å²) in [4.78, 5) is 52.6. The van der Waals surface area contributed by atoms with Gasteiger partial charge in [0.25, 0.3) is 11.1 Å². The Morgan fingerprint density at radius 2 is 1.67 bits per heavy atom. The van der Waals surface area contributed by atoms with Crippen LogP contribution in [0.2, 0.25) is 0 Å². The number of urea groups is 1. The first-order chi connectivity index (χ1) is 18.9. The van der Waals surface area contributed by atoms with Gasteiger partial charge in [-0.2, -0.15) is 4.98 Å². The van der Waals surface area contributed by atoms with Crippen LogP contribution in [0, 0.1) is 11.8 Å². The van der Waals surface area contributed by atoms with Gasteiger partial charge in [0.1, 0.15) is 5.82 Å². The summed E-state index contributed by atoms with van der Waals surface area (Å²) >= 11 is 0.865. The number of aromatic nitrogens is 2. The number of benzene rings is 2. The first-order valence-electron chi connectivity index (χ1n) is 12.7. The smallest absolute Gasteiger partial charge is 0.321 e. The van der Waals surface area contributed by atoms with Gasteiger partial charge in [-0.3, -0.25) is 14.9 Å². The number of hydrogen-bond donors (Lipinski definition) is 2. The lowest BCUT2D eigenvalue weighted by Gasteiger charge is -2.24. The van der Waals surface area contributed by atoms with E-state index >= 15 is 0 Å². The van der Waals surface area contributed by atoms with E-state index in [9.17, 15) is 14.4 Å². The van der Waals surface area contributed by atoms with Gasteiger partial charge >= 0.3 is 6.03 Å². The standard InChI is InChI=1S/C28H27N7O3S/c1-33(22-10-6-3-7-11-22)24-13-21(12-23-25(36)32-28(38)39-23)29-26(31-24)34-14-18-16-35(17-19(18)15-34)27(37)30-20-8-4-2-5-9-20/h2-13,18-19H,14-17H2,1H3,(H,30,37)(H,32,36,38)/b23-12-. The molecule has 39 heavy (non-hydrogen) atoms. The molecule has 0 saturated carbocycles. The molecule has 0 aliphatic carbocycles. The van der Waals surface area contributed by atoms with Crippen molar-refractivity contribution < 1.29 is 14.4 Å². The van der Waals surface area contributed by atoms with Gasteiger partial charge in [-0.25, -0.2) is 9.78 Å². The Labute approximate surface area is 230 Å². The summed E-state index contributed by atoms with van der Waals surface area (Å²) in [6, 6.07) is 21.1. The summed E-state index contributed by atoms with van der Waals surface area (Å²) in [6.45, 7) is 2.78. The lowest BCUT2D eigenvalue weighted by molar-refractivity contribution is -0.115. The summed E-state index contributed by atoms with van der Waals surface area (Å²) in [6.07, 6.45) is 1.63. The number of nitrogens with one attached hydrogen (secondary N) is 2. The van der Waals surface area contributed by atoms with Crippen LogP contribution in [0.1, 0.15) is 5.69 Å². The number of imide groups is 1. The average molecular weight is 542 g/mol. The Morgan fingerprint density at radius 1 is 1.00 bits per heavy atom. The van der Waals surface area contributed by atoms with Crippen molar-refractivity contribution in [2.45, 2.75) is 0 Å². The number of carbonyl (C=O) groups is 3. The van der Waals surface area contributed by atoms with Crippen LogP contribution in [-0.2, 0) is 4.79 Å². The molecule has 6 rings (SSSR count). The van der Waals surface area contributed by atoms with Crippen LogP contribution in [0.5, 0.6) is 0 Å². The van der Waals surface area contributed by atoms with Gasteiger partial charge in [-0.1, -0.05) is 36.4 Å². The van der Waals surface area contributed by atoms with Gasteiger partial charge in [-0.15, -0.1) is 0 Å². The molecule has 2 unspecified atom stereocenters. The molecule has 2 aromatic carbocycles. The van der Waals surface area contributed by atoms with Gasteiger partial charge in [0, 0.05) is 62.5 Å². The molecule has 0 bridgehead atoms. The molecule has 4 heterocycles. The minimum atomic E-state index is -0.423. The zero-order chi connectivity index (χ0) is 26.9. The molecular weight excluding hydrogens is 514 g/mol. The maximum Gasteiger partial charge on any atom is 0.321 e. The van der Waals surface area contributed by atoms with Gasteiger partial charge in [0.15, 0.2) is 0 Å². The molecule has 2 N–H and O–H groups in total. The predicted octanol–water partition coefficient (Wildman–Crippen LogP) is 4.17. The van der Waals surface area contributed by atoms with Crippen LogP contribution in [-0.4, -0.2) is 65.3 Å². The SMILES string of the molecule is CN(c1ccccc1)c1cc(/C=C2\SC(=O)NC2=O)nc(N2CC3CN(C(=O)Nc4ccccc4)CC3C2)n1. The van der Waals surface area contributed by atoms with Gasteiger partial charge in [0.2, 0.25) is 5.95 Å². The van der Waals surface area contributed by atoms with E-state index in [2.05, 4.69) is 15.5 Å². The van der Waals surface area contributed by atoms with Gasteiger partial charge in [0.05, 0.1) is 10.6 Å². The highest BCUT2D eigenvalue weighted by Crippen LogP contribution is 2.35. The van der Waals surface area contributed by atoms with Crippen LogP contribution < -0.4 is 20.4 Å². The fourth-order valence-corrected chi connectivity index (χ4v) is 5.88. The molecule has 3 aliphatic rings. The number of hydrogen-bond acceptors (Lipinski definition) is 8. The number of likely N-dealkylation sites (tertiary alicyclic amines) is 1. The number of nitrogens with zero attached hydrogens (tertiary/aromatic N) is 5. The topological polar surface area (TPSA) is 111 Å². The molecule has 3 saturated heterocycles. The van der Waals surface area contributed by atoms with E-state index < -0.39 is 11.1 Å². The van der Waals surface area contributed by atoms with Crippen molar-refractivity contribution >= 4 is 58.2 Å². The highest BCUT2D eigenvalue weighted by molar-refractivity contribution is 8.18. The molecule has 1 aromatic heterocycles. The summed E-state index contributed by atoms with van der Waals surface area (Å²) < 4.78 is 0. The van der Waals surface area contributed by atoms with E-state index in [4.69, 9.17) is 9.97 Å². The predicted molar refractivity (Wildman–Crippen MR) is 152 cm³/mol. The lowest BCUT2D eigenvalue weighted by Crippen LogP contribution is -2.36. The second kappa shape index (κ2) is 10.4. The Kier molecular flexibility index (Phi) is 6.65. The molecule has 0 radical (unpaired) electrons. The van der Waals surface area contributed by atoms with E-state index in [0.717, 1.165) is 36.2 Å². The van der Waals surface area contributed by atoms with Crippen molar-refractivity contribution in [3.8, 4) is 0 Å². The van der Waals surface area contributed by atoms with Crippen molar-refractivity contribution in [3.05, 3.63) is 77.3 Å². The molecule has 10 nitrogen and oxygen atoms in total. The van der Waals surface area contributed by atoms with Crippen molar-refractivity contribution in [1.29, 1.82) is 0 Å². The zero-order valence-electron chi connectivity index (χ0n) is 21.3. The maximum absolute atomic E-state index is 12.8. The number of para-hydroxylation sites is 2. The summed E-state index contributed by atoms with van der Waals surface area (Å²) in [5, 5.41) is 4.88. The average Bonchev–Trinajstić information content (AvgIpc) is 3.62. The third-order valence-corrected chi connectivity index (χ3v) is 8.02. The second-order valence-corrected chi connectivity index (χ2v) is 10.8. The third-order valence-electron chi connectivity index (χ3n) is 7.21. The molecule has 4 amide bonds. The Balaban J connectivity index is 1.22. The van der Waals surface area contributed by atoms with Crippen LogP contribution in [0.4, 0.5) is 32.7 Å². The van der Waals surface area contributed by atoms with Crippen molar-refractivity contribution in [1.82, 2.24) is 20.2 Å². The minimum absolute atomic E-state index is 0.0827. The number of thioether (sulfide) groups is 1. The van der Waals surface area contributed by atoms with Crippen molar-refractivity contribution in [2.24, 2.45) is 11.8 Å². The summed E-state index contributed by atoms with van der Waals surface area (Å²) in [5.74, 6) is 1.43. The first kappa shape index (κ1) is 24.9. The van der Waals surface area contributed by atoms with Crippen molar-refractivity contribution in [2.75, 3.05) is 48.3 Å². The van der Waals surface area contributed by atoms with E-state index in [1.165, 1.54) is 0 Å². The van der Waals surface area contributed by atoms with E-state index in [0.29, 0.717) is 47.3 Å². The first-order valence-corrected chi connectivity index (χ1v) is 13.5. The molecule has 198 valence electrons. The van der Waals surface area contributed by atoms with Crippen LogP contribution in [0.25, 0.3) is 6.08 Å². The number of carbonyl (C=O) groups excluding carboxylic acids is 3. The van der Waals surface area contributed by atoms with Crippen molar-refractivity contribution in [3.63, 3.8) is 0 Å². The van der Waals surface area contributed by atoms with E-state index in [-0.39, 0.29) is 6.03 Å². The molecule has 3 aromatic rings. The molecule has 2 atom stereocenters. The van der Waals surface area contributed by atoms with E-state index in [1.54, 1.807) is 6.08 Å². The molecule has 3 aliphatic heterocycles. The lowest BCUT2D eigenvalue weighted by atomic mass is 10.0. The van der Waals surface area contributed by atoms with Gasteiger partial charge < -0.3 is 20.0 Å². The minimum Gasteiger partial charge on any atom is -0.340 e. The highest BCUT2D eigenvalue weighted by atomic mass is 32.2. The van der Waals surface area contributed by atoms with Crippen LogP contribution in [0.15, 0.2) is 71.6 Å². The zero-order valence-corrected chi connectivity index (χ0v) is 22.1.